The van der Waals surface area contributed by atoms with E-state index in [-0.39, 0.29) is 29.7 Å². The first kappa shape index (κ1) is 27.6. The molecule has 1 heterocycles. The topological polar surface area (TPSA) is 36.9 Å². The largest absolute Gasteiger partial charge is 0.374 e. The van der Waals surface area contributed by atoms with Crippen LogP contribution in [0.3, 0.4) is 0 Å². The van der Waals surface area contributed by atoms with E-state index in [9.17, 15) is 0 Å². The highest BCUT2D eigenvalue weighted by Gasteiger charge is 2.46. The summed E-state index contributed by atoms with van der Waals surface area (Å²) in [6, 6.07) is 41.2. The molecule has 1 aliphatic heterocycles. The van der Waals surface area contributed by atoms with Crippen LogP contribution in [0.25, 0.3) is 0 Å². The molecule has 0 aliphatic carbocycles. The Hall–Kier alpha value is -2.93. The van der Waals surface area contributed by atoms with Crippen LogP contribution in [0.4, 0.5) is 0 Å². The zero-order chi connectivity index (χ0) is 26.7. The smallest absolute Gasteiger partial charge is 0.136 e. The maximum atomic E-state index is 6.76. The van der Waals surface area contributed by atoms with E-state index in [0.717, 1.165) is 21.6 Å². The van der Waals surface area contributed by atoms with Crippen LogP contribution in [0, 0.1) is 5.92 Å². The summed E-state index contributed by atoms with van der Waals surface area (Å²) in [7, 11) is 0. The third-order valence-corrected chi connectivity index (χ3v) is 8.12. The van der Waals surface area contributed by atoms with Crippen LogP contribution in [0.1, 0.15) is 23.6 Å². The molecule has 1 aliphatic rings. The summed E-state index contributed by atoms with van der Waals surface area (Å²) < 4.78 is 26.2. The Bertz CT molecular complexity index is 1220. The van der Waals surface area contributed by atoms with Crippen molar-refractivity contribution in [2.75, 3.05) is 6.61 Å². The van der Waals surface area contributed by atoms with Gasteiger partial charge in [0.2, 0.25) is 0 Å². The van der Waals surface area contributed by atoms with Gasteiger partial charge in [-0.15, -0.1) is 0 Å². The predicted molar refractivity (Wildman–Crippen MR) is 156 cm³/mol. The molecular weight excluding hydrogens is 504 g/mol. The van der Waals surface area contributed by atoms with Crippen molar-refractivity contribution in [3.05, 3.63) is 138 Å². The molecule has 0 saturated carbocycles. The number of benzene rings is 4. The fourth-order valence-electron chi connectivity index (χ4n) is 4.78. The van der Waals surface area contributed by atoms with Gasteiger partial charge < -0.3 is 18.9 Å². The third kappa shape index (κ3) is 8.04. The molecule has 0 spiro atoms. The molecule has 0 bridgehead atoms. The molecule has 0 aromatic heterocycles. The molecule has 5 rings (SSSR count). The summed E-state index contributed by atoms with van der Waals surface area (Å²) in [6.45, 7) is 4.23. The maximum absolute atomic E-state index is 6.76. The van der Waals surface area contributed by atoms with Crippen LogP contribution in [0.15, 0.2) is 126 Å². The van der Waals surface area contributed by atoms with Crippen LogP contribution in [-0.4, -0.2) is 30.4 Å². The molecule has 4 nitrogen and oxygen atoms in total. The van der Waals surface area contributed by atoms with Gasteiger partial charge in [-0.1, -0.05) is 128 Å². The van der Waals surface area contributed by atoms with Gasteiger partial charge in [-0.25, -0.2) is 0 Å². The summed E-state index contributed by atoms with van der Waals surface area (Å²) >= 11 is 1.69. The Morgan fingerprint density at radius 1 is 0.590 bits per heavy atom. The second kappa shape index (κ2) is 14.5. The van der Waals surface area contributed by atoms with E-state index in [1.807, 2.05) is 60.7 Å². The second-order valence-corrected chi connectivity index (χ2v) is 11.0. The molecule has 0 radical (unpaired) electrons. The lowest BCUT2D eigenvalue weighted by molar-refractivity contribution is -0.217. The Morgan fingerprint density at radius 2 is 1.05 bits per heavy atom. The molecule has 202 valence electrons. The third-order valence-electron chi connectivity index (χ3n) is 6.97. The Morgan fingerprint density at radius 3 is 1.59 bits per heavy atom. The fourth-order valence-corrected chi connectivity index (χ4v) is 5.93. The van der Waals surface area contributed by atoms with Gasteiger partial charge in [0.1, 0.15) is 11.5 Å². The van der Waals surface area contributed by atoms with Crippen LogP contribution in [-0.2, 0) is 38.8 Å². The van der Waals surface area contributed by atoms with Gasteiger partial charge in [0.05, 0.1) is 38.6 Å². The van der Waals surface area contributed by atoms with Gasteiger partial charge in [0, 0.05) is 10.8 Å². The summed E-state index contributed by atoms with van der Waals surface area (Å²) in [5.41, 5.74) is 3.17. The van der Waals surface area contributed by atoms with Crippen molar-refractivity contribution in [3.63, 3.8) is 0 Å². The molecule has 4 aromatic rings. The van der Waals surface area contributed by atoms with Gasteiger partial charge in [-0.3, -0.25) is 0 Å². The van der Waals surface area contributed by atoms with E-state index in [4.69, 9.17) is 18.9 Å². The van der Waals surface area contributed by atoms with Crippen molar-refractivity contribution in [3.8, 4) is 0 Å². The molecule has 2 unspecified atom stereocenters. The molecule has 5 heteroatoms. The monoisotopic (exact) mass is 540 g/mol. The Balaban J connectivity index is 1.36. The minimum atomic E-state index is -0.264. The number of hydrogen-bond acceptors (Lipinski definition) is 5. The fraction of sp³-hybridized carbons (Fsp3) is 0.294. The summed E-state index contributed by atoms with van der Waals surface area (Å²) in [4.78, 5) is 1.14. The first-order valence-corrected chi connectivity index (χ1v) is 14.4. The van der Waals surface area contributed by atoms with E-state index < -0.39 is 0 Å². The molecule has 1 fully saturated rings. The number of ether oxygens (including phenoxy) is 4. The van der Waals surface area contributed by atoms with Gasteiger partial charge in [-0.2, -0.15) is 0 Å². The molecule has 39 heavy (non-hydrogen) atoms. The van der Waals surface area contributed by atoms with Crippen molar-refractivity contribution >= 4 is 11.8 Å². The van der Waals surface area contributed by atoms with Crippen LogP contribution in [0.2, 0.25) is 0 Å². The van der Waals surface area contributed by atoms with Crippen LogP contribution < -0.4 is 0 Å². The Labute approximate surface area is 236 Å². The number of rotatable bonds is 12. The van der Waals surface area contributed by atoms with E-state index in [0.29, 0.717) is 26.4 Å². The standard InChI is InChI=1S/C34H36O4S/c1-26-31(25-35-22-27-14-6-2-7-15-27)38-34(39-30-20-12-5-13-21-30)33(37-24-29-18-10-4-11-19-29)32(26)36-23-28-16-8-3-9-17-28/h2-21,26,31-34H,22-25H2,1H3/t26-,31?,32-,33?,34-/m0/s1. The summed E-state index contributed by atoms with van der Waals surface area (Å²) in [6.07, 6.45) is -0.569. The maximum Gasteiger partial charge on any atom is 0.136 e. The zero-order valence-electron chi connectivity index (χ0n) is 22.3. The molecule has 5 atom stereocenters. The van der Waals surface area contributed by atoms with Gasteiger partial charge in [0.25, 0.3) is 0 Å². The molecule has 4 aromatic carbocycles. The first-order valence-electron chi connectivity index (χ1n) is 13.6. The second-order valence-electron chi connectivity index (χ2n) is 9.86. The van der Waals surface area contributed by atoms with E-state index in [2.05, 4.69) is 67.6 Å². The van der Waals surface area contributed by atoms with E-state index in [1.165, 1.54) is 0 Å². The lowest BCUT2D eigenvalue weighted by atomic mass is 9.91. The number of hydrogen-bond donors (Lipinski definition) is 0. The average molecular weight is 541 g/mol. The summed E-state index contributed by atoms with van der Waals surface area (Å²) in [5, 5.41) is 0. The predicted octanol–water partition coefficient (Wildman–Crippen LogP) is 7.53. The lowest BCUT2D eigenvalue weighted by Gasteiger charge is -2.45. The normalized spacial score (nSPS) is 22.9. The van der Waals surface area contributed by atoms with Gasteiger partial charge in [0.15, 0.2) is 0 Å². The lowest BCUT2D eigenvalue weighted by Crippen LogP contribution is -2.55. The summed E-state index contributed by atoms with van der Waals surface area (Å²) in [5.74, 6) is 0.0675. The minimum Gasteiger partial charge on any atom is -0.374 e. The van der Waals surface area contributed by atoms with E-state index in [1.54, 1.807) is 11.8 Å². The van der Waals surface area contributed by atoms with Crippen LogP contribution in [0.5, 0.6) is 0 Å². The van der Waals surface area contributed by atoms with Crippen molar-refractivity contribution < 1.29 is 18.9 Å². The molecule has 0 N–H and O–H groups in total. The van der Waals surface area contributed by atoms with Crippen LogP contribution >= 0.6 is 11.8 Å². The highest BCUT2D eigenvalue weighted by molar-refractivity contribution is 7.99. The average Bonchev–Trinajstić information content (AvgIpc) is 2.99. The first-order chi connectivity index (χ1) is 19.3. The SMILES string of the molecule is C[C@H]1C(COCc2ccccc2)O[C@@H](Sc2ccccc2)C(OCc2ccccc2)[C@H]1OCc1ccccc1. The van der Waals surface area contributed by atoms with Crippen molar-refractivity contribution in [1.29, 1.82) is 0 Å². The minimum absolute atomic E-state index is 0.0675. The highest BCUT2D eigenvalue weighted by Crippen LogP contribution is 2.39. The van der Waals surface area contributed by atoms with Crippen molar-refractivity contribution in [1.82, 2.24) is 0 Å². The van der Waals surface area contributed by atoms with Crippen molar-refractivity contribution in [2.24, 2.45) is 5.92 Å². The van der Waals surface area contributed by atoms with Gasteiger partial charge in [-0.05, 0) is 28.8 Å². The van der Waals surface area contributed by atoms with Crippen molar-refractivity contribution in [2.45, 2.75) is 55.4 Å². The molecule has 0 amide bonds. The van der Waals surface area contributed by atoms with E-state index >= 15 is 0 Å². The highest BCUT2D eigenvalue weighted by atomic mass is 32.2. The zero-order valence-corrected chi connectivity index (χ0v) is 23.1. The molecular formula is C34H36O4S. The van der Waals surface area contributed by atoms with Gasteiger partial charge >= 0.3 is 0 Å². The Kier molecular flexibility index (Phi) is 10.2. The quantitative estimate of drug-likeness (QED) is 0.186. The number of thioether (sulfide) groups is 1. The molecule has 1 saturated heterocycles.